The Bertz CT molecular complexity index is 913. The maximum absolute atomic E-state index is 11.9. The first-order chi connectivity index (χ1) is 13.4. The van der Waals surface area contributed by atoms with E-state index in [1.54, 1.807) is 25.2 Å². The lowest BCUT2D eigenvalue weighted by Gasteiger charge is -2.19. The summed E-state index contributed by atoms with van der Waals surface area (Å²) in [6.45, 7) is 5.01. The van der Waals surface area contributed by atoms with Crippen LogP contribution >= 0.6 is 0 Å². The van der Waals surface area contributed by atoms with Crippen molar-refractivity contribution in [3.8, 4) is 5.75 Å². The number of ether oxygens (including phenoxy) is 1. The molecule has 2 aromatic rings. The number of nitrogens with one attached hydrogen (secondary N) is 3. The smallest absolute Gasteiger partial charge is 0.240 e. The van der Waals surface area contributed by atoms with Crippen LogP contribution in [0.3, 0.4) is 0 Å². The third kappa shape index (κ3) is 6.24. The van der Waals surface area contributed by atoms with E-state index in [-0.39, 0.29) is 11.0 Å². The molecule has 0 heterocycles. The van der Waals surface area contributed by atoms with Crippen molar-refractivity contribution in [2.24, 2.45) is 4.99 Å². The van der Waals surface area contributed by atoms with Gasteiger partial charge in [-0.05, 0) is 50.2 Å². The molecule has 0 bridgehead atoms. The molecule has 0 radical (unpaired) electrons. The van der Waals surface area contributed by atoms with Gasteiger partial charge in [0.05, 0.1) is 11.4 Å². The maximum Gasteiger partial charge on any atom is 0.240 e. The van der Waals surface area contributed by atoms with Crippen molar-refractivity contribution in [2.45, 2.75) is 31.4 Å². The Balaban J connectivity index is 1.88. The molecular weight excluding hydrogens is 376 g/mol. The maximum atomic E-state index is 11.9. The van der Waals surface area contributed by atoms with Crippen molar-refractivity contribution in [2.75, 3.05) is 20.6 Å². The highest BCUT2D eigenvalue weighted by molar-refractivity contribution is 7.89. The van der Waals surface area contributed by atoms with Gasteiger partial charge in [-0.2, -0.15) is 0 Å². The molecule has 0 amide bonds. The first-order valence-corrected chi connectivity index (χ1v) is 10.5. The largest absolute Gasteiger partial charge is 0.489 e. The van der Waals surface area contributed by atoms with E-state index >= 15 is 0 Å². The standard InChI is InChI=1S/C20H28N4O3S/c1-15-8-5-6-11-19(15)27-16(2)13-23-20(21-3)24-14-17-9-7-10-18(12-17)28(25,26)22-4/h5-12,16,22H,13-14H2,1-4H3,(H2,21,23,24). The molecule has 0 aliphatic heterocycles. The molecule has 0 saturated carbocycles. The van der Waals surface area contributed by atoms with E-state index in [1.165, 1.54) is 7.05 Å². The van der Waals surface area contributed by atoms with Gasteiger partial charge in [-0.3, -0.25) is 4.99 Å². The first-order valence-electron chi connectivity index (χ1n) is 9.05. The van der Waals surface area contributed by atoms with Crippen molar-refractivity contribution >= 4 is 16.0 Å². The lowest BCUT2D eigenvalue weighted by Crippen LogP contribution is -2.41. The number of nitrogens with zero attached hydrogens (tertiary/aromatic N) is 1. The number of para-hydroxylation sites is 1. The molecule has 2 rings (SSSR count). The van der Waals surface area contributed by atoms with Gasteiger partial charge in [-0.15, -0.1) is 0 Å². The molecule has 152 valence electrons. The third-order valence-electron chi connectivity index (χ3n) is 4.14. The minimum atomic E-state index is -3.46. The van der Waals surface area contributed by atoms with E-state index < -0.39 is 10.0 Å². The normalized spacial score (nSPS) is 13.1. The fraction of sp³-hybridized carbons (Fsp3) is 0.350. The van der Waals surface area contributed by atoms with E-state index in [9.17, 15) is 8.42 Å². The second-order valence-corrected chi connectivity index (χ2v) is 8.24. The number of aliphatic imine (C=N–C) groups is 1. The fourth-order valence-electron chi connectivity index (χ4n) is 2.53. The highest BCUT2D eigenvalue weighted by atomic mass is 32.2. The predicted octanol–water partition coefficient (Wildman–Crippen LogP) is 2.04. The second kappa shape index (κ2) is 10.1. The van der Waals surface area contributed by atoms with Gasteiger partial charge in [0.15, 0.2) is 5.96 Å². The molecule has 3 N–H and O–H groups in total. The van der Waals surface area contributed by atoms with Crippen LogP contribution in [0.1, 0.15) is 18.1 Å². The summed E-state index contributed by atoms with van der Waals surface area (Å²) in [7, 11) is -0.380. The molecular formula is C20H28N4O3S. The van der Waals surface area contributed by atoms with Crippen molar-refractivity contribution in [1.29, 1.82) is 0 Å². The van der Waals surface area contributed by atoms with E-state index in [0.717, 1.165) is 16.9 Å². The van der Waals surface area contributed by atoms with Crippen molar-refractivity contribution < 1.29 is 13.2 Å². The minimum Gasteiger partial charge on any atom is -0.489 e. The highest BCUT2D eigenvalue weighted by Crippen LogP contribution is 2.17. The second-order valence-electron chi connectivity index (χ2n) is 6.36. The number of benzene rings is 2. The SMILES string of the molecule is CN=C(NCc1cccc(S(=O)(=O)NC)c1)NCC(C)Oc1ccccc1C. The molecule has 0 spiro atoms. The van der Waals surface area contributed by atoms with Crippen molar-refractivity contribution in [3.05, 3.63) is 59.7 Å². The lowest BCUT2D eigenvalue weighted by atomic mass is 10.2. The third-order valence-corrected chi connectivity index (χ3v) is 5.55. The molecule has 0 fully saturated rings. The van der Waals surface area contributed by atoms with Crippen LogP contribution in [0.15, 0.2) is 58.4 Å². The molecule has 0 aliphatic carbocycles. The number of aryl methyl sites for hydroxylation is 1. The van der Waals surface area contributed by atoms with E-state index in [1.807, 2.05) is 44.2 Å². The van der Waals surface area contributed by atoms with Crippen LogP contribution in [-0.2, 0) is 16.6 Å². The number of rotatable bonds is 8. The van der Waals surface area contributed by atoms with Gasteiger partial charge in [-0.1, -0.05) is 30.3 Å². The zero-order valence-electron chi connectivity index (χ0n) is 16.7. The highest BCUT2D eigenvalue weighted by Gasteiger charge is 2.12. The average molecular weight is 405 g/mol. The van der Waals surface area contributed by atoms with Crippen molar-refractivity contribution in [3.63, 3.8) is 0 Å². The van der Waals surface area contributed by atoms with Crippen LogP contribution in [0.4, 0.5) is 0 Å². The van der Waals surface area contributed by atoms with Gasteiger partial charge in [0.25, 0.3) is 0 Å². The summed E-state index contributed by atoms with van der Waals surface area (Å²) in [6, 6.07) is 14.7. The van der Waals surface area contributed by atoms with Gasteiger partial charge in [0.2, 0.25) is 10.0 Å². The van der Waals surface area contributed by atoms with Crippen LogP contribution in [0.25, 0.3) is 0 Å². The Morgan fingerprint density at radius 2 is 1.89 bits per heavy atom. The Kier molecular flexibility index (Phi) is 7.83. The van der Waals surface area contributed by atoms with Gasteiger partial charge >= 0.3 is 0 Å². The molecule has 1 atom stereocenters. The Morgan fingerprint density at radius 3 is 2.57 bits per heavy atom. The Labute approximate surface area is 167 Å². The number of sulfonamides is 1. The van der Waals surface area contributed by atoms with Crippen molar-refractivity contribution in [1.82, 2.24) is 15.4 Å². The van der Waals surface area contributed by atoms with Gasteiger partial charge < -0.3 is 15.4 Å². The van der Waals surface area contributed by atoms with Crippen LogP contribution < -0.4 is 20.1 Å². The van der Waals surface area contributed by atoms with Crippen LogP contribution in [-0.4, -0.2) is 41.1 Å². The molecule has 7 nitrogen and oxygen atoms in total. The molecule has 0 aromatic heterocycles. The Hall–Kier alpha value is -2.58. The van der Waals surface area contributed by atoms with Gasteiger partial charge in [0.1, 0.15) is 11.9 Å². The molecule has 0 saturated heterocycles. The summed E-state index contributed by atoms with van der Waals surface area (Å²) in [4.78, 5) is 4.43. The zero-order chi connectivity index (χ0) is 20.6. The Morgan fingerprint density at radius 1 is 1.14 bits per heavy atom. The van der Waals surface area contributed by atoms with E-state index in [2.05, 4.69) is 20.3 Å². The zero-order valence-corrected chi connectivity index (χ0v) is 17.5. The first kappa shape index (κ1) is 21.7. The summed E-state index contributed by atoms with van der Waals surface area (Å²) in [6.07, 6.45) is -0.0521. The summed E-state index contributed by atoms with van der Waals surface area (Å²) in [5.41, 5.74) is 1.93. The summed E-state index contributed by atoms with van der Waals surface area (Å²) >= 11 is 0. The predicted molar refractivity (Wildman–Crippen MR) is 112 cm³/mol. The minimum absolute atomic E-state index is 0.0521. The van der Waals surface area contributed by atoms with Crippen LogP contribution in [0.5, 0.6) is 5.75 Å². The molecule has 1 unspecified atom stereocenters. The number of guanidine groups is 1. The van der Waals surface area contributed by atoms with E-state index in [0.29, 0.717) is 19.0 Å². The van der Waals surface area contributed by atoms with Crippen LogP contribution in [0.2, 0.25) is 0 Å². The molecule has 28 heavy (non-hydrogen) atoms. The average Bonchev–Trinajstić information content (AvgIpc) is 2.70. The fourth-order valence-corrected chi connectivity index (χ4v) is 3.33. The summed E-state index contributed by atoms with van der Waals surface area (Å²) in [5, 5.41) is 6.40. The lowest BCUT2D eigenvalue weighted by molar-refractivity contribution is 0.222. The summed E-state index contributed by atoms with van der Waals surface area (Å²) in [5.74, 6) is 1.48. The summed E-state index contributed by atoms with van der Waals surface area (Å²) < 4.78 is 32.1. The van der Waals surface area contributed by atoms with E-state index in [4.69, 9.17) is 4.74 Å². The number of hydrogen-bond acceptors (Lipinski definition) is 4. The molecule has 0 aliphatic rings. The monoisotopic (exact) mass is 404 g/mol. The molecule has 2 aromatic carbocycles. The number of hydrogen-bond donors (Lipinski definition) is 3. The molecule has 8 heteroatoms. The topological polar surface area (TPSA) is 91.8 Å². The quantitative estimate of drug-likeness (QED) is 0.463. The van der Waals surface area contributed by atoms with Crippen LogP contribution in [0, 0.1) is 6.92 Å². The van der Waals surface area contributed by atoms with Gasteiger partial charge in [0, 0.05) is 13.6 Å². The van der Waals surface area contributed by atoms with Gasteiger partial charge in [-0.25, -0.2) is 13.1 Å².